The Morgan fingerprint density at radius 1 is 1.09 bits per heavy atom. The molecule has 0 aliphatic carbocycles. The van der Waals surface area contributed by atoms with Crippen molar-refractivity contribution in [1.29, 1.82) is 0 Å². The second-order valence-electron chi connectivity index (χ2n) is 7.30. The fourth-order valence-corrected chi connectivity index (χ4v) is 2.69. The van der Waals surface area contributed by atoms with Gasteiger partial charge in [-0.1, -0.05) is 24.6 Å². The fraction of sp³-hybridized carbons (Fsp3) is 0.304. The molecule has 8 nitrogen and oxygen atoms in total. The van der Waals surface area contributed by atoms with Crippen molar-refractivity contribution in [2.75, 3.05) is 11.9 Å². The Balaban J connectivity index is 1.97. The van der Waals surface area contributed by atoms with Gasteiger partial charge in [-0.25, -0.2) is 5.43 Å². The molecule has 2 rings (SSSR count). The number of rotatable bonds is 8. The average molecular weight is 459 g/mol. The molecule has 0 bridgehead atoms. The molecule has 0 aliphatic heterocycles. The number of hydrogen-bond donors (Lipinski definition) is 3. The lowest BCUT2D eigenvalue weighted by atomic mass is 10.1. The quantitative estimate of drug-likeness (QED) is 0.320. The molecule has 0 unspecified atom stereocenters. The highest BCUT2D eigenvalue weighted by molar-refractivity contribution is 6.35. The predicted molar refractivity (Wildman–Crippen MR) is 125 cm³/mol. The van der Waals surface area contributed by atoms with Gasteiger partial charge in [0.2, 0.25) is 0 Å². The minimum absolute atomic E-state index is 0.125. The number of carbonyl (C=O) groups is 3. The third-order valence-corrected chi connectivity index (χ3v) is 4.92. The molecule has 0 fully saturated rings. The van der Waals surface area contributed by atoms with E-state index in [0.717, 1.165) is 11.1 Å². The van der Waals surface area contributed by atoms with Crippen LogP contribution in [0.3, 0.4) is 0 Å². The Morgan fingerprint density at radius 2 is 1.84 bits per heavy atom. The molecule has 0 saturated heterocycles. The van der Waals surface area contributed by atoms with E-state index in [9.17, 15) is 14.4 Å². The van der Waals surface area contributed by atoms with Gasteiger partial charge in [0.25, 0.3) is 5.91 Å². The molecule has 0 saturated carbocycles. The van der Waals surface area contributed by atoms with Crippen molar-refractivity contribution in [1.82, 2.24) is 10.7 Å². The summed E-state index contributed by atoms with van der Waals surface area (Å²) in [5, 5.41) is 9.52. The highest BCUT2D eigenvalue weighted by Crippen LogP contribution is 2.21. The molecule has 2 aromatic rings. The van der Waals surface area contributed by atoms with Gasteiger partial charge in [-0.3, -0.25) is 14.4 Å². The number of ether oxygens (including phenoxy) is 1. The summed E-state index contributed by atoms with van der Waals surface area (Å²) in [6.45, 7) is 7.41. The van der Waals surface area contributed by atoms with Crippen molar-refractivity contribution < 1.29 is 19.1 Å². The van der Waals surface area contributed by atoms with E-state index >= 15 is 0 Å². The van der Waals surface area contributed by atoms with Crippen molar-refractivity contribution in [2.24, 2.45) is 5.10 Å². The lowest BCUT2D eigenvalue weighted by Crippen LogP contribution is -2.41. The molecule has 9 heteroatoms. The highest BCUT2D eigenvalue weighted by atomic mass is 35.5. The van der Waals surface area contributed by atoms with E-state index in [4.69, 9.17) is 16.3 Å². The standard InChI is InChI=1S/C23H27ClN4O4/c1-5-16(4)26-22(30)23(31)28-25-12-17-11-18(24)7-9-20(17)32-13-21(29)27-19-8-6-14(2)15(3)10-19/h6-12,16H,5,13H2,1-4H3,(H,26,30)(H,27,29)(H,28,31)/b25-12-/t16-/m0/s1. The summed E-state index contributed by atoms with van der Waals surface area (Å²) in [4.78, 5) is 35.8. The summed E-state index contributed by atoms with van der Waals surface area (Å²) in [7, 11) is 0. The van der Waals surface area contributed by atoms with E-state index in [2.05, 4.69) is 21.2 Å². The molecule has 2 aromatic carbocycles. The number of benzene rings is 2. The van der Waals surface area contributed by atoms with Crippen LogP contribution in [0.5, 0.6) is 5.75 Å². The van der Waals surface area contributed by atoms with Gasteiger partial charge < -0.3 is 15.4 Å². The summed E-state index contributed by atoms with van der Waals surface area (Å²) in [5.41, 5.74) is 5.47. The maximum Gasteiger partial charge on any atom is 0.329 e. The molecule has 0 aliphatic rings. The number of aryl methyl sites for hydroxylation is 2. The van der Waals surface area contributed by atoms with Crippen LogP contribution in [-0.4, -0.2) is 36.6 Å². The van der Waals surface area contributed by atoms with Crippen LogP contribution >= 0.6 is 11.6 Å². The molecule has 0 aromatic heterocycles. The van der Waals surface area contributed by atoms with E-state index < -0.39 is 11.8 Å². The first-order chi connectivity index (χ1) is 15.2. The molecule has 32 heavy (non-hydrogen) atoms. The van der Waals surface area contributed by atoms with E-state index in [1.807, 2.05) is 39.0 Å². The molecule has 3 amide bonds. The van der Waals surface area contributed by atoms with Gasteiger partial charge in [0.05, 0.1) is 6.21 Å². The molecular formula is C23H27ClN4O4. The van der Waals surface area contributed by atoms with Gasteiger partial charge in [0, 0.05) is 22.3 Å². The molecular weight excluding hydrogens is 432 g/mol. The Hall–Kier alpha value is -3.39. The van der Waals surface area contributed by atoms with Crippen LogP contribution in [0.25, 0.3) is 0 Å². The zero-order chi connectivity index (χ0) is 23.7. The summed E-state index contributed by atoms with van der Waals surface area (Å²) in [6.07, 6.45) is 1.99. The first-order valence-corrected chi connectivity index (χ1v) is 10.5. The predicted octanol–water partition coefficient (Wildman–Crippen LogP) is 3.34. The van der Waals surface area contributed by atoms with Crippen molar-refractivity contribution in [3.05, 3.63) is 58.1 Å². The summed E-state index contributed by atoms with van der Waals surface area (Å²) in [6, 6.07) is 10.3. The second-order valence-corrected chi connectivity index (χ2v) is 7.74. The monoisotopic (exact) mass is 458 g/mol. The molecule has 3 N–H and O–H groups in total. The average Bonchev–Trinajstić information content (AvgIpc) is 2.75. The third-order valence-electron chi connectivity index (χ3n) is 4.69. The van der Waals surface area contributed by atoms with Crippen molar-refractivity contribution in [2.45, 2.75) is 40.2 Å². The Morgan fingerprint density at radius 3 is 2.53 bits per heavy atom. The maximum atomic E-state index is 12.3. The number of nitrogens with one attached hydrogen (secondary N) is 3. The zero-order valence-corrected chi connectivity index (χ0v) is 19.2. The molecule has 170 valence electrons. The van der Waals surface area contributed by atoms with Crippen molar-refractivity contribution in [3.63, 3.8) is 0 Å². The number of amides is 3. The normalized spacial score (nSPS) is 11.7. The number of carbonyl (C=O) groups excluding carboxylic acids is 3. The summed E-state index contributed by atoms with van der Waals surface area (Å²) < 4.78 is 5.60. The smallest absolute Gasteiger partial charge is 0.329 e. The minimum Gasteiger partial charge on any atom is -0.483 e. The molecule has 0 radical (unpaired) electrons. The first-order valence-electron chi connectivity index (χ1n) is 10.1. The zero-order valence-electron chi connectivity index (χ0n) is 18.5. The Labute approximate surface area is 192 Å². The van der Waals surface area contributed by atoms with Crippen molar-refractivity contribution in [3.8, 4) is 5.75 Å². The van der Waals surface area contributed by atoms with Crippen LogP contribution in [0.2, 0.25) is 5.02 Å². The SMILES string of the molecule is CC[C@H](C)NC(=O)C(=O)N/N=C\c1cc(Cl)ccc1OCC(=O)Nc1ccc(C)c(C)c1. The number of hydrogen-bond acceptors (Lipinski definition) is 5. The van der Waals surface area contributed by atoms with Crippen LogP contribution in [0.1, 0.15) is 37.0 Å². The topological polar surface area (TPSA) is 109 Å². The van der Waals surface area contributed by atoms with Crippen LogP contribution in [0.15, 0.2) is 41.5 Å². The Bertz CT molecular complexity index is 1020. The second kappa shape index (κ2) is 11.9. The molecule has 0 heterocycles. The molecule has 0 spiro atoms. The maximum absolute atomic E-state index is 12.3. The number of hydrazone groups is 1. The van der Waals surface area contributed by atoms with E-state index in [1.165, 1.54) is 6.21 Å². The number of nitrogens with zero attached hydrogens (tertiary/aromatic N) is 1. The fourth-order valence-electron chi connectivity index (χ4n) is 2.51. The van der Waals surface area contributed by atoms with Crippen LogP contribution in [-0.2, 0) is 14.4 Å². The first kappa shape index (κ1) is 24.9. The van der Waals surface area contributed by atoms with Crippen LogP contribution in [0.4, 0.5) is 5.69 Å². The van der Waals surface area contributed by atoms with Gasteiger partial charge >= 0.3 is 11.8 Å². The lowest BCUT2D eigenvalue weighted by Gasteiger charge is -2.11. The van der Waals surface area contributed by atoms with Gasteiger partial charge in [-0.05, 0) is 68.7 Å². The van der Waals surface area contributed by atoms with Gasteiger partial charge in [-0.15, -0.1) is 0 Å². The van der Waals surface area contributed by atoms with E-state index in [-0.39, 0.29) is 18.6 Å². The highest BCUT2D eigenvalue weighted by Gasteiger charge is 2.14. The number of halogens is 1. The summed E-state index contributed by atoms with van der Waals surface area (Å²) in [5.74, 6) is -1.66. The summed E-state index contributed by atoms with van der Waals surface area (Å²) >= 11 is 6.03. The van der Waals surface area contributed by atoms with Crippen molar-refractivity contribution >= 4 is 41.2 Å². The van der Waals surface area contributed by atoms with Crippen LogP contribution in [0, 0.1) is 13.8 Å². The lowest BCUT2D eigenvalue weighted by molar-refractivity contribution is -0.139. The van der Waals surface area contributed by atoms with Crippen LogP contribution < -0.4 is 20.8 Å². The largest absolute Gasteiger partial charge is 0.483 e. The Kier molecular flexibility index (Phi) is 9.22. The van der Waals surface area contributed by atoms with Gasteiger partial charge in [0.15, 0.2) is 6.61 Å². The molecule has 1 atom stereocenters. The van der Waals surface area contributed by atoms with Gasteiger partial charge in [-0.2, -0.15) is 5.10 Å². The van der Waals surface area contributed by atoms with E-state index in [1.54, 1.807) is 25.1 Å². The van der Waals surface area contributed by atoms with Gasteiger partial charge in [0.1, 0.15) is 5.75 Å². The number of anilines is 1. The van der Waals surface area contributed by atoms with E-state index in [0.29, 0.717) is 28.4 Å². The third kappa shape index (κ3) is 7.70. The minimum atomic E-state index is -0.890.